The number of aromatic nitrogens is 1. The normalized spacial score (nSPS) is 15.9. The molecule has 1 N–H and O–H groups in total. The number of piperidine rings is 1. The van der Waals surface area contributed by atoms with Gasteiger partial charge in [0.2, 0.25) is 0 Å². The highest BCUT2D eigenvalue weighted by Crippen LogP contribution is 2.37. The van der Waals surface area contributed by atoms with E-state index in [1.165, 1.54) is 12.1 Å². The SMILES string of the molecule is Cc1c(C(=O)N2CCC(O)(c3cccc(C(F)(F)F)c3)CC2)c2ccccc2n1Cc1ccccc1. The van der Waals surface area contributed by atoms with Gasteiger partial charge in [-0.3, -0.25) is 4.79 Å². The Morgan fingerprint density at radius 3 is 2.31 bits per heavy atom. The molecule has 3 aromatic carbocycles. The van der Waals surface area contributed by atoms with Crippen LogP contribution in [0.3, 0.4) is 0 Å². The molecule has 1 fully saturated rings. The summed E-state index contributed by atoms with van der Waals surface area (Å²) in [7, 11) is 0. The molecule has 0 unspecified atom stereocenters. The zero-order chi connectivity index (χ0) is 25.5. The molecule has 0 saturated carbocycles. The number of likely N-dealkylation sites (tertiary alicyclic amines) is 1. The standard InChI is InChI=1S/C29H27F3N2O2/c1-20-26(24-12-5-6-13-25(24)34(20)19-21-8-3-2-4-9-21)27(35)33-16-14-28(36,15-17-33)22-10-7-11-23(18-22)29(30,31)32/h2-13,18,36H,14-17,19H2,1H3. The van der Waals surface area contributed by atoms with Crippen LogP contribution in [0.5, 0.6) is 0 Å². The van der Waals surface area contributed by atoms with Crippen LogP contribution in [0.15, 0.2) is 78.9 Å². The van der Waals surface area contributed by atoms with Gasteiger partial charge in [-0.25, -0.2) is 0 Å². The van der Waals surface area contributed by atoms with Gasteiger partial charge in [-0.1, -0.05) is 60.7 Å². The number of rotatable bonds is 4. The summed E-state index contributed by atoms with van der Waals surface area (Å²) in [5.74, 6) is -0.124. The molecule has 1 aromatic heterocycles. The van der Waals surface area contributed by atoms with Crippen LogP contribution in [-0.2, 0) is 18.3 Å². The summed E-state index contributed by atoms with van der Waals surface area (Å²) < 4.78 is 41.7. The number of aliphatic hydroxyl groups is 1. The molecule has 36 heavy (non-hydrogen) atoms. The topological polar surface area (TPSA) is 45.5 Å². The molecule has 2 heterocycles. The second-order valence-electron chi connectivity index (χ2n) is 9.45. The van der Waals surface area contributed by atoms with E-state index in [2.05, 4.69) is 16.7 Å². The van der Waals surface area contributed by atoms with Crippen LogP contribution in [0, 0.1) is 6.92 Å². The Morgan fingerprint density at radius 1 is 0.944 bits per heavy atom. The van der Waals surface area contributed by atoms with Crippen LogP contribution in [0.2, 0.25) is 0 Å². The van der Waals surface area contributed by atoms with Crippen LogP contribution < -0.4 is 0 Å². The quantitative estimate of drug-likeness (QED) is 0.372. The predicted molar refractivity (Wildman–Crippen MR) is 133 cm³/mol. The summed E-state index contributed by atoms with van der Waals surface area (Å²) in [5.41, 5.74) is 1.64. The van der Waals surface area contributed by atoms with E-state index >= 15 is 0 Å². The van der Waals surface area contributed by atoms with Gasteiger partial charge in [-0.05, 0) is 49.1 Å². The van der Waals surface area contributed by atoms with Crippen molar-refractivity contribution in [3.05, 3.63) is 107 Å². The smallest absolute Gasteiger partial charge is 0.385 e. The van der Waals surface area contributed by atoms with Crippen molar-refractivity contribution in [1.29, 1.82) is 0 Å². The van der Waals surface area contributed by atoms with Crippen molar-refractivity contribution in [2.45, 2.75) is 38.1 Å². The molecule has 1 aliphatic rings. The molecule has 4 aromatic rings. The molecule has 0 radical (unpaired) electrons. The molecule has 0 spiro atoms. The third-order valence-electron chi connectivity index (χ3n) is 7.23. The highest BCUT2D eigenvalue weighted by molar-refractivity contribution is 6.08. The van der Waals surface area contributed by atoms with Crippen molar-refractivity contribution in [3.63, 3.8) is 0 Å². The van der Waals surface area contributed by atoms with Crippen molar-refractivity contribution in [1.82, 2.24) is 9.47 Å². The minimum absolute atomic E-state index is 0.124. The van der Waals surface area contributed by atoms with Crippen LogP contribution in [0.4, 0.5) is 13.2 Å². The van der Waals surface area contributed by atoms with E-state index < -0.39 is 17.3 Å². The van der Waals surface area contributed by atoms with Gasteiger partial charge in [-0.15, -0.1) is 0 Å². The number of hydrogen-bond donors (Lipinski definition) is 1. The van der Waals surface area contributed by atoms with Gasteiger partial charge in [0, 0.05) is 36.2 Å². The molecule has 5 rings (SSSR count). The van der Waals surface area contributed by atoms with E-state index in [1.807, 2.05) is 49.4 Å². The van der Waals surface area contributed by atoms with Crippen LogP contribution in [-0.4, -0.2) is 33.6 Å². The molecule has 0 aliphatic carbocycles. The lowest BCUT2D eigenvalue weighted by Crippen LogP contribution is -2.45. The summed E-state index contributed by atoms with van der Waals surface area (Å²) in [4.78, 5) is 15.4. The fourth-order valence-electron chi connectivity index (χ4n) is 5.18. The Morgan fingerprint density at radius 2 is 1.61 bits per heavy atom. The monoisotopic (exact) mass is 492 g/mol. The van der Waals surface area contributed by atoms with Gasteiger partial charge < -0.3 is 14.6 Å². The third kappa shape index (κ3) is 4.39. The number of para-hydroxylation sites is 1. The Balaban J connectivity index is 1.40. The predicted octanol–water partition coefficient (Wildman–Crippen LogP) is 6.14. The number of benzene rings is 3. The number of amides is 1. The van der Waals surface area contributed by atoms with Crippen LogP contribution >= 0.6 is 0 Å². The number of alkyl halides is 3. The molecule has 1 amide bonds. The summed E-state index contributed by atoms with van der Waals surface area (Å²) in [6, 6.07) is 22.7. The van der Waals surface area contributed by atoms with E-state index in [-0.39, 0.29) is 37.4 Å². The lowest BCUT2D eigenvalue weighted by atomic mass is 9.83. The van der Waals surface area contributed by atoms with E-state index in [4.69, 9.17) is 0 Å². The minimum atomic E-state index is -4.48. The number of nitrogens with zero attached hydrogens (tertiary/aromatic N) is 2. The summed E-state index contributed by atoms with van der Waals surface area (Å²) >= 11 is 0. The van der Waals surface area contributed by atoms with Crippen LogP contribution in [0.25, 0.3) is 10.9 Å². The first kappa shape index (κ1) is 24.1. The maximum atomic E-state index is 13.7. The van der Waals surface area contributed by atoms with Gasteiger partial charge in [-0.2, -0.15) is 13.2 Å². The Labute approximate surface area is 207 Å². The first-order valence-electron chi connectivity index (χ1n) is 12.0. The van der Waals surface area contributed by atoms with Gasteiger partial charge in [0.15, 0.2) is 0 Å². The Bertz CT molecular complexity index is 1400. The maximum Gasteiger partial charge on any atom is 0.416 e. The fraction of sp³-hybridized carbons (Fsp3) is 0.276. The first-order chi connectivity index (χ1) is 17.2. The van der Waals surface area contributed by atoms with E-state index in [1.54, 1.807) is 4.90 Å². The molecule has 7 heteroatoms. The van der Waals surface area contributed by atoms with Crippen molar-refractivity contribution in [3.8, 4) is 0 Å². The largest absolute Gasteiger partial charge is 0.416 e. The van der Waals surface area contributed by atoms with Crippen LogP contribution in [0.1, 0.15) is 45.6 Å². The minimum Gasteiger partial charge on any atom is -0.385 e. The van der Waals surface area contributed by atoms with E-state index in [0.717, 1.165) is 34.3 Å². The molecule has 1 saturated heterocycles. The molecule has 4 nitrogen and oxygen atoms in total. The summed E-state index contributed by atoms with van der Waals surface area (Å²) in [6.07, 6.45) is -4.14. The molecule has 186 valence electrons. The molecule has 0 atom stereocenters. The average molecular weight is 493 g/mol. The zero-order valence-corrected chi connectivity index (χ0v) is 19.9. The molecule has 1 aliphatic heterocycles. The molecular formula is C29H27F3N2O2. The Kier molecular flexibility index (Phi) is 6.12. The van der Waals surface area contributed by atoms with Crippen molar-refractivity contribution in [2.24, 2.45) is 0 Å². The van der Waals surface area contributed by atoms with Crippen molar-refractivity contribution < 1.29 is 23.1 Å². The first-order valence-corrected chi connectivity index (χ1v) is 12.0. The number of hydrogen-bond acceptors (Lipinski definition) is 2. The van der Waals surface area contributed by atoms with Gasteiger partial charge in [0.25, 0.3) is 5.91 Å². The number of carbonyl (C=O) groups is 1. The number of halogens is 3. The van der Waals surface area contributed by atoms with Crippen molar-refractivity contribution >= 4 is 16.8 Å². The number of fused-ring (bicyclic) bond motifs is 1. The number of carbonyl (C=O) groups excluding carboxylic acids is 1. The van der Waals surface area contributed by atoms with Gasteiger partial charge >= 0.3 is 6.18 Å². The fourth-order valence-corrected chi connectivity index (χ4v) is 5.18. The second-order valence-corrected chi connectivity index (χ2v) is 9.45. The lowest BCUT2D eigenvalue weighted by molar-refractivity contribution is -0.137. The van der Waals surface area contributed by atoms with Gasteiger partial charge in [0.05, 0.1) is 16.7 Å². The van der Waals surface area contributed by atoms with Gasteiger partial charge in [0.1, 0.15) is 0 Å². The second kappa shape index (κ2) is 9.13. The van der Waals surface area contributed by atoms with Crippen molar-refractivity contribution in [2.75, 3.05) is 13.1 Å². The average Bonchev–Trinajstić information content (AvgIpc) is 3.15. The summed E-state index contributed by atoms with van der Waals surface area (Å²) in [6.45, 7) is 3.08. The third-order valence-corrected chi connectivity index (χ3v) is 7.23. The zero-order valence-electron chi connectivity index (χ0n) is 19.9. The molecule has 0 bridgehead atoms. The highest BCUT2D eigenvalue weighted by Gasteiger charge is 2.38. The molecular weight excluding hydrogens is 465 g/mol. The maximum absolute atomic E-state index is 13.7. The Hall–Kier alpha value is -3.58. The lowest BCUT2D eigenvalue weighted by Gasteiger charge is -2.38. The van der Waals surface area contributed by atoms with E-state index in [9.17, 15) is 23.1 Å². The van der Waals surface area contributed by atoms with E-state index in [0.29, 0.717) is 12.1 Å². The summed E-state index contributed by atoms with van der Waals surface area (Å²) in [5, 5.41) is 12.1. The highest BCUT2D eigenvalue weighted by atomic mass is 19.4.